The molecule has 13 heavy (non-hydrogen) atoms. The second-order valence-electron chi connectivity index (χ2n) is 4.47. The predicted molar refractivity (Wildman–Crippen MR) is 51.6 cm³/mol. The Morgan fingerprint density at radius 3 is 2.38 bits per heavy atom. The van der Waals surface area contributed by atoms with Gasteiger partial charge in [-0.3, -0.25) is 9.69 Å². The molecule has 1 unspecified atom stereocenters. The van der Waals surface area contributed by atoms with E-state index in [0.717, 1.165) is 19.0 Å². The molecule has 3 heteroatoms. The highest BCUT2D eigenvalue weighted by atomic mass is 16.4. The predicted octanol–water partition coefficient (Wildman–Crippen LogP) is 1.44. The zero-order valence-corrected chi connectivity index (χ0v) is 8.66. The molecule has 1 saturated heterocycles. The van der Waals surface area contributed by atoms with Crippen molar-refractivity contribution in [1.82, 2.24) is 4.90 Å². The first-order chi connectivity index (χ1) is 6.00. The Morgan fingerprint density at radius 1 is 1.54 bits per heavy atom. The molecule has 0 amide bonds. The van der Waals surface area contributed by atoms with E-state index in [-0.39, 0.29) is 12.5 Å². The Labute approximate surface area is 79.7 Å². The van der Waals surface area contributed by atoms with Crippen LogP contribution in [0.5, 0.6) is 0 Å². The van der Waals surface area contributed by atoms with Crippen LogP contribution in [0.15, 0.2) is 0 Å². The topological polar surface area (TPSA) is 40.5 Å². The monoisotopic (exact) mass is 185 g/mol. The van der Waals surface area contributed by atoms with Gasteiger partial charge in [0.15, 0.2) is 0 Å². The van der Waals surface area contributed by atoms with E-state index < -0.39 is 5.97 Å². The standard InChI is InChI=1S/C10H19NO2/c1-7(2)9(4-10(12)13)11-5-8(3)6-11/h7-9H,4-6H2,1-3H3,(H,12,13). The smallest absolute Gasteiger partial charge is 0.304 e. The number of likely N-dealkylation sites (tertiary alicyclic amines) is 1. The molecule has 0 aromatic rings. The quantitative estimate of drug-likeness (QED) is 0.720. The number of carboxylic acid groups (broad SMARTS) is 1. The molecule has 3 nitrogen and oxygen atoms in total. The van der Waals surface area contributed by atoms with Gasteiger partial charge in [-0.1, -0.05) is 20.8 Å². The number of hydrogen-bond acceptors (Lipinski definition) is 2. The maximum absolute atomic E-state index is 10.6. The normalized spacial score (nSPS) is 21.5. The molecule has 0 aromatic heterocycles. The SMILES string of the molecule is CC1CN(C(CC(=O)O)C(C)C)C1. The van der Waals surface area contributed by atoms with Crippen LogP contribution in [0.25, 0.3) is 0 Å². The summed E-state index contributed by atoms with van der Waals surface area (Å²) in [6.07, 6.45) is 0.282. The summed E-state index contributed by atoms with van der Waals surface area (Å²) >= 11 is 0. The first-order valence-electron chi connectivity index (χ1n) is 4.96. The second kappa shape index (κ2) is 4.09. The summed E-state index contributed by atoms with van der Waals surface area (Å²) in [4.78, 5) is 12.9. The molecule has 1 aliphatic rings. The van der Waals surface area contributed by atoms with Crippen LogP contribution < -0.4 is 0 Å². The summed E-state index contributed by atoms with van der Waals surface area (Å²) in [5.41, 5.74) is 0. The summed E-state index contributed by atoms with van der Waals surface area (Å²) in [5.74, 6) is 0.497. The number of aliphatic carboxylic acids is 1. The van der Waals surface area contributed by atoms with E-state index in [1.54, 1.807) is 0 Å². The Balaban J connectivity index is 2.43. The largest absolute Gasteiger partial charge is 0.481 e. The molecular weight excluding hydrogens is 166 g/mol. The average molecular weight is 185 g/mol. The zero-order valence-electron chi connectivity index (χ0n) is 8.66. The van der Waals surface area contributed by atoms with Crippen molar-refractivity contribution in [3.8, 4) is 0 Å². The van der Waals surface area contributed by atoms with E-state index in [2.05, 4.69) is 25.7 Å². The van der Waals surface area contributed by atoms with Gasteiger partial charge in [-0.25, -0.2) is 0 Å². The fourth-order valence-electron chi connectivity index (χ4n) is 1.98. The second-order valence-corrected chi connectivity index (χ2v) is 4.47. The van der Waals surface area contributed by atoms with E-state index in [1.807, 2.05) is 0 Å². The lowest BCUT2D eigenvalue weighted by Crippen LogP contribution is -2.53. The van der Waals surface area contributed by atoms with Crippen molar-refractivity contribution in [1.29, 1.82) is 0 Å². The Kier molecular flexibility index (Phi) is 3.31. The molecule has 1 rings (SSSR count). The molecule has 0 spiro atoms. The third-order valence-corrected chi connectivity index (χ3v) is 2.71. The fraction of sp³-hybridized carbons (Fsp3) is 0.900. The van der Waals surface area contributed by atoms with Crippen molar-refractivity contribution >= 4 is 5.97 Å². The molecule has 1 aliphatic heterocycles. The maximum Gasteiger partial charge on any atom is 0.304 e. The van der Waals surface area contributed by atoms with E-state index in [4.69, 9.17) is 5.11 Å². The minimum atomic E-state index is -0.682. The highest BCUT2D eigenvalue weighted by molar-refractivity contribution is 5.67. The third-order valence-electron chi connectivity index (χ3n) is 2.71. The molecule has 1 fully saturated rings. The van der Waals surface area contributed by atoms with Crippen molar-refractivity contribution in [2.45, 2.75) is 33.2 Å². The molecule has 0 aliphatic carbocycles. The van der Waals surface area contributed by atoms with Gasteiger partial charge in [0.05, 0.1) is 6.42 Å². The molecule has 0 aromatic carbocycles. The van der Waals surface area contributed by atoms with Gasteiger partial charge >= 0.3 is 5.97 Å². The van der Waals surface area contributed by atoms with E-state index in [0.29, 0.717) is 5.92 Å². The van der Waals surface area contributed by atoms with Crippen LogP contribution in [0.3, 0.4) is 0 Å². The Morgan fingerprint density at radius 2 is 2.08 bits per heavy atom. The van der Waals surface area contributed by atoms with Crippen molar-refractivity contribution in [2.24, 2.45) is 11.8 Å². The van der Waals surface area contributed by atoms with Crippen LogP contribution in [0.4, 0.5) is 0 Å². The maximum atomic E-state index is 10.6. The highest BCUT2D eigenvalue weighted by Crippen LogP contribution is 2.24. The number of rotatable bonds is 4. The lowest BCUT2D eigenvalue weighted by molar-refractivity contribution is -0.139. The summed E-state index contributed by atoms with van der Waals surface area (Å²) < 4.78 is 0. The summed E-state index contributed by atoms with van der Waals surface area (Å²) in [6.45, 7) is 8.52. The summed E-state index contributed by atoms with van der Waals surface area (Å²) in [5, 5.41) is 8.74. The molecule has 76 valence electrons. The number of nitrogens with zero attached hydrogens (tertiary/aromatic N) is 1. The van der Waals surface area contributed by atoms with E-state index >= 15 is 0 Å². The Bertz CT molecular complexity index is 185. The molecule has 0 radical (unpaired) electrons. The van der Waals surface area contributed by atoms with Gasteiger partial charge in [0.25, 0.3) is 0 Å². The molecule has 0 saturated carbocycles. The van der Waals surface area contributed by atoms with Crippen LogP contribution in [0.2, 0.25) is 0 Å². The van der Waals surface area contributed by atoms with Crippen LogP contribution >= 0.6 is 0 Å². The van der Waals surface area contributed by atoms with E-state index in [1.165, 1.54) is 0 Å². The fourth-order valence-corrected chi connectivity index (χ4v) is 1.98. The first kappa shape index (κ1) is 10.5. The molecule has 1 N–H and O–H groups in total. The lowest BCUT2D eigenvalue weighted by Gasteiger charge is -2.44. The molecular formula is C10H19NO2. The lowest BCUT2D eigenvalue weighted by atomic mass is 9.92. The molecule has 0 bridgehead atoms. The number of carbonyl (C=O) groups is 1. The number of carboxylic acids is 1. The van der Waals surface area contributed by atoms with Gasteiger partial charge in [0, 0.05) is 19.1 Å². The van der Waals surface area contributed by atoms with Crippen molar-refractivity contribution in [3.63, 3.8) is 0 Å². The summed E-state index contributed by atoms with van der Waals surface area (Å²) in [6, 6.07) is 0.230. The number of hydrogen-bond donors (Lipinski definition) is 1. The van der Waals surface area contributed by atoms with Gasteiger partial charge in [0.1, 0.15) is 0 Å². The van der Waals surface area contributed by atoms with Gasteiger partial charge < -0.3 is 5.11 Å². The van der Waals surface area contributed by atoms with Crippen LogP contribution in [0, 0.1) is 11.8 Å². The minimum absolute atomic E-state index is 0.230. The van der Waals surface area contributed by atoms with E-state index in [9.17, 15) is 4.79 Å². The third kappa shape index (κ3) is 2.69. The zero-order chi connectivity index (χ0) is 10.0. The van der Waals surface area contributed by atoms with Gasteiger partial charge in [-0.15, -0.1) is 0 Å². The van der Waals surface area contributed by atoms with Gasteiger partial charge in [0.2, 0.25) is 0 Å². The average Bonchev–Trinajstić information content (AvgIpc) is 1.94. The highest BCUT2D eigenvalue weighted by Gasteiger charge is 2.32. The first-order valence-corrected chi connectivity index (χ1v) is 4.96. The molecule has 1 atom stereocenters. The van der Waals surface area contributed by atoms with Gasteiger partial charge in [-0.2, -0.15) is 0 Å². The van der Waals surface area contributed by atoms with Crippen molar-refractivity contribution in [3.05, 3.63) is 0 Å². The van der Waals surface area contributed by atoms with Crippen LogP contribution in [0.1, 0.15) is 27.2 Å². The van der Waals surface area contributed by atoms with Crippen molar-refractivity contribution < 1.29 is 9.90 Å². The van der Waals surface area contributed by atoms with Crippen molar-refractivity contribution in [2.75, 3.05) is 13.1 Å². The van der Waals surface area contributed by atoms with Crippen LogP contribution in [-0.4, -0.2) is 35.1 Å². The van der Waals surface area contributed by atoms with Crippen LogP contribution in [-0.2, 0) is 4.79 Å². The molecule has 1 heterocycles. The minimum Gasteiger partial charge on any atom is -0.481 e. The summed E-state index contributed by atoms with van der Waals surface area (Å²) in [7, 11) is 0. The van der Waals surface area contributed by atoms with Gasteiger partial charge in [-0.05, 0) is 11.8 Å². The Hall–Kier alpha value is -0.570.